The molecule has 0 radical (unpaired) electrons. The zero-order valence-corrected chi connectivity index (χ0v) is 16.5. The maximum atomic E-state index is 13.9. The second-order valence-electron chi connectivity index (χ2n) is 6.56. The lowest BCUT2D eigenvalue weighted by molar-refractivity contribution is 0.0494. The summed E-state index contributed by atoms with van der Waals surface area (Å²) in [6, 6.07) is 5.37. The number of hydrogen-bond donors (Lipinski definition) is 0. The molecule has 0 N–H and O–H groups in total. The molecule has 0 bridgehead atoms. The van der Waals surface area contributed by atoms with Gasteiger partial charge in [-0.3, -0.25) is 0 Å². The summed E-state index contributed by atoms with van der Waals surface area (Å²) in [6.45, 7) is 1.31. The van der Waals surface area contributed by atoms with Crippen LogP contribution in [0.1, 0.15) is 42.6 Å². The van der Waals surface area contributed by atoms with Gasteiger partial charge >= 0.3 is 0 Å². The summed E-state index contributed by atoms with van der Waals surface area (Å²) in [5, 5.41) is 3.95. The van der Waals surface area contributed by atoms with E-state index in [4.69, 9.17) is 14.0 Å². The topological polar surface area (TPSA) is 94.8 Å². The molecule has 2 heterocycles. The van der Waals surface area contributed by atoms with Crippen LogP contribution in [0.2, 0.25) is 0 Å². The van der Waals surface area contributed by atoms with Crippen molar-refractivity contribution in [2.24, 2.45) is 0 Å². The minimum absolute atomic E-state index is 0.130. The Labute approximate surface area is 163 Å². The average Bonchev–Trinajstić information content (AvgIpc) is 3.16. The first-order valence-corrected chi connectivity index (χ1v) is 10.7. The second-order valence-corrected chi connectivity index (χ2v) is 8.48. The highest BCUT2D eigenvalue weighted by molar-refractivity contribution is 7.88. The van der Waals surface area contributed by atoms with Gasteiger partial charge in [0.05, 0.1) is 25.0 Å². The van der Waals surface area contributed by atoms with E-state index in [-0.39, 0.29) is 18.1 Å². The van der Waals surface area contributed by atoms with Gasteiger partial charge in [-0.15, -0.1) is 0 Å². The normalized spacial score (nSPS) is 18.4. The largest absolute Gasteiger partial charge is 0.382 e. The molecule has 3 rings (SSSR count). The van der Waals surface area contributed by atoms with Crippen LogP contribution in [0.5, 0.6) is 0 Å². The molecule has 0 saturated carbocycles. The van der Waals surface area contributed by atoms with E-state index in [0.717, 1.165) is 12.8 Å². The second kappa shape index (κ2) is 9.55. The molecular weight excluding hydrogens is 389 g/mol. The molecule has 10 heteroatoms. The SMILES string of the molecule is COCCOCc1nc(C2CCCCN2S(=O)(=O)Cc2ccccc2F)no1. The molecule has 1 aromatic heterocycles. The van der Waals surface area contributed by atoms with Crippen LogP contribution in [0.15, 0.2) is 28.8 Å². The van der Waals surface area contributed by atoms with E-state index in [2.05, 4.69) is 10.1 Å². The molecule has 1 aliphatic rings. The van der Waals surface area contributed by atoms with Crippen molar-refractivity contribution in [1.82, 2.24) is 14.4 Å². The van der Waals surface area contributed by atoms with Gasteiger partial charge in [-0.25, -0.2) is 12.8 Å². The number of rotatable bonds is 9. The number of nitrogens with zero attached hydrogens (tertiary/aromatic N) is 3. The Morgan fingerprint density at radius 2 is 2.11 bits per heavy atom. The summed E-state index contributed by atoms with van der Waals surface area (Å²) in [7, 11) is -2.17. The van der Waals surface area contributed by atoms with Gasteiger partial charge < -0.3 is 14.0 Å². The molecule has 1 saturated heterocycles. The van der Waals surface area contributed by atoms with Crippen molar-refractivity contribution >= 4 is 10.0 Å². The van der Waals surface area contributed by atoms with E-state index in [1.165, 1.54) is 22.5 Å². The lowest BCUT2D eigenvalue weighted by Crippen LogP contribution is -2.39. The number of hydrogen-bond acceptors (Lipinski definition) is 7. The lowest BCUT2D eigenvalue weighted by atomic mass is 10.0. The molecule has 1 aromatic carbocycles. The summed E-state index contributed by atoms with van der Waals surface area (Å²) in [5.74, 6) is -0.346. The van der Waals surface area contributed by atoms with Crippen molar-refractivity contribution < 1.29 is 26.8 Å². The van der Waals surface area contributed by atoms with Crippen LogP contribution in [0, 0.1) is 5.82 Å². The lowest BCUT2D eigenvalue weighted by Gasteiger charge is -2.32. The maximum absolute atomic E-state index is 13.9. The molecule has 1 atom stereocenters. The fourth-order valence-electron chi connectivity index (χ4n) is 3.15. The van der Waals surface area contributed by atoms with E-state index >= 15 is 0 Å². The van der Waals surface area contributed by atoms with Crippen LogP contribution in [-0.4, -0.2) is 49.7 Å². The van der Waals surface area contributed by atoms with E-state index < -0.39 is 27.6 Å². The molecular formula is C18H24FN3O5S. The van der Waals surface area contributed by atoms with Crippen LogP contribution in [0.4, 0.5) is 4.39 Å². The van der Waals surface area contributed by atoms with Crippen LogP contribution in [0.25, 0.3) is 0 Å². The van der Waals surface area contributed by atoms with Gasteiger partial charge in [-0.05, 0) is 18.9 Å². The molecule has 0 aliphatic carbocycles. The van der Waals surface area contributed by atoms with Crippen molar-refractivity contribution in [2.75, 3.05) is 26.9 Å². The van der Waals surface area contributed by atoms with Gasteiger partial charge in [0.2, 0.25) is 10.0 Å². The molecule has 1 aliphatic heterocycles. The number of methoxy groups -OCH3 is 1. The van der Waals surface area contributed by atoms with E-state index in [9.17, 15) is 12.8 Å². The number of halogens is 1. The Bertz CT molecular complexity index is 874. The van der Waals surface area contributed by atoms with Crippen LogP contribution >= 0.6 is 0 Å². The third-order valence-corrected chi connectivity index (χ3v) is 6.37. The Morgan fingerprint density at radius 3 is 2.89 bits per heavy atom. The standard InChI is InChI=1S/C18H24FN3O5S/c1-25-10-11-26-12-17-20-18(21-27-17)16-8-4-5-9-22(16)28(23,24)13-14-6-2-3-7-15(14)19/h2-3,6-7,16H,4-5,8-13H2,1H3. The molecule has 1 fully saturated rings. The van der Waals surface area contributed by atoms with Crippen molar-refractivity contribution in [2.45, 2.75) is 37.7 Å². The van der Waals surface area contributed by atoms with Crippen molar-refractivity contribution in [3.05, 3.63) is 47.4 Å². The van der Waals surface area contributed by atoms with Crippen molar-refractivity contribution in [3.63, 3.8) is 0 Å². The smallest absolute Gasteiger partial charge is 0.252 e. The summed E-state index contributed by atoms with van der Waals surface area (Å²) in [6.07, 6.45) is 2.17. The summed E-state index contributed by atoms with van der Waals surface area (Å²) in [5.41, 5.74) is 0.146. The zero-order valence-electron chi connectivity index (χ0n) is 15.7. The van der Waals surface area contributed by atoms with Crippen molar-refractivity contribution in [1.29, 1.82) is 0 Å². The number of sulfonamides is 1. The number of ether oxygens (including phenoxy) is 2. The Balaban J connectivity index is 1.73. The third-order valence-electron chi connectivity index (χ3n) is 4.55. The van der Waals surface area contributed by atoms with Gasteiger partial charge in [0.1, 0.15) is 12.4 Å². The zero-order chi connectivity index (χ0) is 20.0. The summed E-state index contributed by atoms with van der Waals surface area (Å²) >= 11 is 0. The predicted molar refractivity (Wildman–Crippen MR) is 98.2 cm³/mol. The van der Waals surface area contributed by atoms with E-state index in [1.54, 1.807) is 13.2 Å². The minimum atomic E-state index is -3.75. The quantitative estimate of drug-likeness (QED) is 0.583. The molecule has 2 aromatic rings. The van der Waals surface area contributed by atoms with Gasteiger partial charge in [0.25, 0.3) is 5.89 Å². The number of aromatic nitrogens is 2. The molecule has 8 nitrogen and oxygen atoms in total. The highest BCUT2D eigenvalue weighted by Gasteiger charge is 2.36. The van der Waals surface area contributed by atoms with E-state index in [1.807, 2.05) is 0 Å². The molecule has 0 amide bonds. The van der Waals surface area contributed by atoms with Gasteiger partial charge in [-0.2, -0.15) is 9.29 Å². The van der Waals surface area contributed by atoms with Gasteiger partial charge in [0, 0.05) is 19.2 Å². The van der Waals surface area contributed by atoms with Crippen LogP contribution < -0.4 is 0 Å². The Hall–Kier alpha value is -1.88. The highest BCUT2D eigenvalue weighted by Crippen LogP contribution is 2.33. The Morgan fingerprint density at radius 1 is 1.29 bits per heavy atom. The minimum Gasteiger partial charge on any atom is -0.382 e. The van der Waals surface area contributed by atoms with Gasteiger partial charge in [-0.1, -0.05) is 29.8 Å². The molecule has 28 heavy (non-hydrogen) atoms. The van der Waals surface area contributed by atoms with Crippen molar-refractivity contribution in [3.8, 4) is 0 Å². The average molecular weight is 413 g/mol. The first-order chi connectivity index (χ1) is 13.5. The first kappa shape index (κ1) is 20.8. The molecule has 154 valence electrons. The third kappa shape index (κ3) is 5.13. The monoisotopic (exact) mass is 413 g/mol. The van der Waals surface area contributed by atoms with E-state index in [0.29, 0.717) is 32.0 Å². The fraction of sp³-hybridized carbons (Fsp3) is 0.556. The summed E-state index contributed by atoms with van der Waals surface area (Å²) in [4.78, 5) is 4.30. The number of piperidine rings is 1. The van der Waals surface area contributed by atoms with Gasteiger partial charge in [0.15, 0.2) is 5.82 Å². The Kier molecular flexibility index (Phi) is 7.11. The van der Waals surface area contributed by atoms with Crippen LogP contribution in [-0.2, 0) is 31.9 Å². The number of benzene rings is 1. The highest BCUT2D eigenvalue weighted by atomic mass is 32.2. The summed E-state index contributed by atoms with van der Waals surface area (Å²) < 4.78 is 56.7. The van der Waals surface area contributed by atoms with Crippen LogP contribution in [0.3, 0.4) is 0 Å². The maximum Gasteiger partial charge on any atom is 0.252 e. The fourth-order valence-corrected chi connectivity index (χ4v) is 4.94. The molecule has 0 spiro atoms. The predicted octanol–water partition coefficient (Wildman–Crippen LogP) is 2.43. The molecule has 1 unspecified atom stereocenters. The first-order valence-electron chi connectivity index (χ1n) is 9.13.